The molecule has 0 saturated heterocycles. The number of hydrogen-bond acceptors (Lipinski definition) is 3. The van der Waals surface area contributed by atoms with Crippen molar-refractivity contribution < 1.29 is 4.79 Å². The van der Waals surface area contributed by atoms with Gasteiger partial charge in [0, 0.05) is 0 Å². The van der Waals surface area contributed by atoms with E-state index in [1.165, 1.54) is 62.5 Å². The molecule has 0 radical (unpaired) electrons. The molecule has 6 heteroatoms. The number of carbonyl (C=O) groups excluding carboxylic acids is 1. The zero-order chi connectivity index (χ0) is 19.0. The van der Waals surface area contributed by atoms with Gasteiger partial charge in [-0.3, -0.25) is 0 Å². The van der Waals surface area contributed by atoms with E-state index < -0.39 is 18.4 Å². The Morgan fingerprint density at radius 2 is 1.62 bits per heavy atom. The summed E-state index contributed by atoms with van der Waals surface area (Å²) in [4.78, 5) is 20.7. The molecule has 2 aromatic rings. The van der Waals surface area contributed by atoms with Crippen molar-refractivity contribution in [1.82, 2.24) is 14.4 Å². The van der Waals surface area contributed by atoms with E-state index in [1.54, 1.807) is 0 Å². The number of imidazole rings is 1. The second-order valence-corrected chi connectivity index (χ2v) is 20.5. The number of fused-ring (bicyclic) bond motifs is 1. The first-order chi connectivity index (χ1) is 12.5. The standard InChI is InChI=1S/C8H7N4O.3C4H9.Sn/c1-6(13)10-7-5-12-3-2-9-4-8(12)11-7;3*1-3-4-2;/h3-5H,1H3,(H,10,13);3*1,3-4H2,2H3;. The first-order valence-electron chi connectivity index (χ1n) is 10.2. The van der Waals surface area contributed by atoms with Crippen molar-refractivity contribution >= 4 is 39.5 Å². The van der Waals surface area contributed by atoms with Crippen LogP contribution in [0.25, 0.3) is 5.65 Å². The quantitative estimate of drug-likeness (QED) is 0.488. The molecule has 26 heavy (non-hydrogen) atoms. The summed E-state index contributed by atoms with van der Waals surface area (Å²) >= 11 is -2.53. The van der Waals surface area contributed by atoms with Crippen LogP contribution in [0, 0.1) is 0 Å². The maximum atomic E-state index is 11.3. The van der Waals surface area contributed by atoms with Crippen LogP contribution in [0.2, 0.25) is 13.3 Å². The summed E-state index contributed by atoms with van der Waals surface area (Å²) in [5, 5.41) is 2.77. The first kappa shape index (κ1) is 21.2. The van der Waals surface area contributed by atoms with Crippen molar-refractivity contribution in [2.45, 2.75) is 79.5 Å². The first-order valence-corrected chi connectivity index (χ1v) is 17.7. The monoisotopic (exact) mass is 466 g/mol. The van der Waals surface area contributed by atoms with Gasteiger partial charge in [0.15, 0.2) is 0 Å². The number of carbonyl (C=O) groups is 1. The summed E-state index contributed by atoms with van der Waals surface area (Å²) < 4.78 is 7.64. The average Bonchev–Trinajstić information content (AvgIpc) is 3.02. The van der Waals surface area contributed by atoms with Crippen LogP contribution in [0.4, 0.5) is 5.82 Å². The second kappa shape index (κ2) is 10.3. The van der Waals surface area contributed by atoms with Crippen LogP contribution in [0.15, 0.2) is 18.6 Å². The molecule has 0 atom stereocenters. The number of anilines is 1. The molecular weight excluding hydrogens is 431 g/mol. The Balaban J connectivity index is 2.41. The molecule has 0 aromatic carbocycles. The number of nitrogens with one attached hydrogen (secondary N) is 1. The van der Waals surface area contributed by atoms with E-state index in [-0.39, 0.29) is 5.91 Å². The molecule has 1 N–H and O–H groups in total. The summed E-state index contributed by atoms with van der Waals surface area (Å²) in [6, 6.07) is 0. The Morgan fingerprint density at radius 1 is 1.04 bits per heavy atom. The van der Waals surface area contributed by atoms with Crippen LogP contribution in [0.1, 0.15) is 66.2 Å². The Hall–Kier alpha value is -1.11. The minimum absolute atomic E-state index is 0.0936. The van der Waals surface area contributed by atoms with Crippen molar-refractivity contribution in [2.24, 2.45) is 0 Å². The summed E-state index contributed by atoms with van der Waals surface area (Å²) in [5.41, 5.74) is 0.805. The van der Waals surface area contributed by atoms with E-state index in [4.69, 9.17) is 4.98 Å². The Bertz CT molecular complexity index is 691. The van der Waals surface area contributed by atoms with E-state index in [2.05, 4.69) is 41.7 Å². The van der Waals surface area contributed by atoms with Crippen LogP contribution in [0.5, 0.6) is 0 Å². The molecule has 0 bridgehead atoms. The SMILES string of the molecule is CCC[CH2][Sn]([CH2]CCC)([CH2]CCC)[c]1cn2cc(NC(C)=O)nc2cn1. The molecule has 1 amide bonds. The normalized spacial score (nSPS) is 11.8. The number of nitrogens with zero attached hydrogens (tertiary/aromatic N) is 3. The molecule has 144 valence electrons. The summed E-state index contributed by atoms with van der Waals surface area (Å²) in [5.74, 6) is 0.511. The average molecular weight is 465 g/mol. The predicted molar refractivity (Wildman–Crippen MR) is 112 cm³/mol. The molecule has 5 nitrogen and oxygen atoms in total. The van der Waals surface area contributed by atoms with Gasteiger partial charge in [0.05, 0.1) is 0 Å². The van der Waals surface area contributed by atoms with Gasteiger partial charge in [-0.2, -0.15) is 0 Å². The summed E-state index contributed by atoms with van der Waals surface area (Å²) in [6.07, 6.45) is 13.8. The van der Waals surface area contributed by atoms with E-state index in [0.717, 1.165) is 5.65 Å². The van der Waals surface area contributed by atoms with Gasteiger partial charge < -0.3 is 0 Å². The van der Waals surface area contributed by atoms with E-state index in [9.17, 15) is 4.79 Å². The summed E-state index contributed by atoms with van der Waals surface area (Å²) in [6.45, 7) is 8.39. The zero-order valence-corrected chi connectivity index (χ0v) is 19.7. The number of aromatic nitrogens is 3. The van der Waals surface area contributed by atoms with Crippen LogP contribution < -0.4 is 9.03 Å². The maximum absolute atomic E-state index is 11.3. The molecule has 0 aliphatic carbocycles. The third kappa shape index (κ3) is 5.44. The van der Waals surface area contributed by atoms with Crippen molar-refractivity contribution in [3.63, 3.8) is 0 Å². The third-order valence-electron chi connectivity index (χ3n) is 5.22. The van der Waals surface area contributed by atoms with Gasteiger partial charge in [0.1, 0.15) is 0 Å². The molecular formula is C20H34N4OSn. The van der Waals surface area contributed by atoms with Crippen molar-refractivity contribution in [3.05, 3.63) is 18.6 Å². The topological polar surface area (TPSA) is 59.3 Å². The number of amides is 1. The van der Waals surface area contributed by atoms with Crippen molar-refractivity contribution in [2.75, 3.05) is 5.32 Å². The van der Waals surface area contributed by atoms with Crippen LogP contribution in [0.3, 0.4) is 0 Å². The zero-order valence-electron chi connectivity index (χ0n) is 16.8. The van der Waals surface area contributed by atoms with Gasteiger partial charge in [0.2, 0.25) is 0 Å². The molecule has 0 fully saturated rings. The fourth-order valence-electron chi connectivity index (χ4n) is 3.72. The molecule has 0 saturated carbocycles. The van der Waals surface area contributed by atoms with Crippen LogP contribution in [-0.2, 0) is 4.79 Å². The van der Waals surface area contributed by atoms with E-state index in [1.807, 2.05) is 12.4 Å². The van der Waals surface area contributed by atoms with Crippen molar-refractivity contribution in [1.29, 1.82) is 0 Å². The molecule has 0 unspecified atom stereocenters. The van der Waals surface area contributed by atoms with E-state index in [0.29, 0.717) is 5.82 Å². The fourth-order valence-corrected chi connectivity index (χ4v) is 19.0. The Labute approximate surface area is 161 Å². The minimum atomic E-state index is -2.53. The number of rotatable bonds is 11. The molecule has 2 aromatic heterocycles. The Kier molecular flexibility index (Phi) is 8.38. The van der Waals surface area contributed by atoms with Crippen molar-refractivity contribution in [3.8, 4) is 0 Å². The molecule has 2 rings (SSSR count). The fraction of sp³-hybridized carbons (Fsp3) is 0.650. The molecule has 2 heterocycles. The van der Waals surface area contributed by atoms with Crippen LogP contribution in [-0.4, -0.2) is 38.7 Å². The van der Waals surface area contributed by atoms with Gasteiger partial charge in [0.25, 0.3) is 0 Å². The molecule has 0 aliphatic heterocycles. The predicted octanol–water partition coefficient (Wildman–Crippen LogP) is 4.74. The molecule has 0 aliphatic rings. The molecule has 0 spiro atoms. The number of unbranched alkanes of at least 4 members (excludes halogenated alkanes) is 3. The Morgan fingerprint density at radius 3 is 2.12 bits per heavy atom. The van der Waals surface area contributed by atoms with Gasteiger partial charge in [-0.25, -0.2) is 0 Å². The van der Waals surface area contributed by atoms with Gasteiger partial charge in [-0.05, 0) is 0 Å². The number of hydrogen-bond donors (Lipinski definition) is 1. The van der Waals surface area contributed by atoms with Gasteiger partial charge in [-0.1, -0.05) is 0 Å². The van der Waals surface area contributed by atoms with Gasteiger partial charge >= 0.3 is 162 Å². The van der Waals surface area contributed by atoms with Crippen LogP contribution >= 0.6 is 0 Å². The third-order valence-corrected chi connectivity index (χ3v) is 20.3. The van der Waals surface area contributed by atoms with E-state index >= 15 is 0 Å². The summed E-state index contributed by atoms with van der Waals surface area (Å²) in [7, 11) is 0. The second-order valence-electron chi connectivity index (χ2n) is 7.44. The van der Waals surface area contributed by atoms with Gasteiger partial charge in [-0.15, -0.1) is 0 Å².